The molecule has 0 aliphatic rings. The molecule has 0 spiro atoms. The summed E-state index contributed by atoms with van der Waals surface area (Å²) < 4.78 is 3.21. The number of aromatic nitrogens is 3. The molecule has 1 amide bonds. The predicted molar refractivity (Wildman–Crippen MR) is 115 cm³/mol. The molecule has 4 rings (SSSR count). The highest BCUT2D eigenvalue weighted by molar-refractivity contribution is 7.10. The van der Waals surface area contributed by atoms with Crippen molar-refractivity contribution in [2.75, 3.05) is 6.54 Å². The Balaban J connectivity index is 1.48. The molecular formula is C22H22N4O2S. The molecule has 6 nitrogen and oxygen atoms in total. The molecule has 0 atom stereocenters. The maximum Gasteiger partial charge on any atom is 0.276 e. The molecule has 0 aliphatic heterocycles. The summed E-state index contributed by atoms with van der Waals surface area (Å²) in [5.41, 5.74) is 4.57. The van der Waals surface area contributed by atoms with Crippen molar-refractivity contribution in [2.45, 2.75) is 26.8 Å². The van der Waals surface area contributed by atoms with E-state index in [9.17, 15) is 9.59 Å². The number of nitrogens with zero attached hydrogens (tertiary/aromatic N) is 3. The molecule has 0 bridgehead atoms. The average Bonchev–Trinajstić information content (AvgIpc) is 3.36. The smallest absolute Gasteiger partial charge is 0.276 e. The fraction of sp³-hybridized carbons (Fsp3) is 0.227. The van der Waals surface area contributed by atoms with E-state index in [1.807, 2.05) is 29.6 Å². The summed E-state index contributed by atoms with van der Waals surface area (Å²) in [7, 11) is 0. The second-order valence-corrected chi connectivity index (χ2v) is 8.09. The van der Waals surface area contributed by atoms with Crippen LogP contribution in [0, 0.1) is 13.8 Å². The summed E-state index contributed by atoms with van der Waals surface area (Å²) in [6.45, 7) is 4.95. The summed E-state index contributed by atoms with van der Waals surface area (Å²) in [4.78, 5) is 25.8. The van der Waals surface area contributed by atoms with Gasteiger partial charge in [0, 0.05) is 35.9 Å². The number of hydrogen-bond acceptors (Lipinski definition) is 4. The van der Waals surface area contributed by atoms with Crippen molar-refractivity contribution in [1.82, 2.24) is 19.5 Å². The highest BCUT2D eigenvalue weighted by Crippen LogP contribution is 2.21. The van der Waals surface area contributed by atoms with Gasteiger partial charge in [-0.05, 0) is 48.6 Å². The first-order chi connectivity index (χ1) is 14.0. The minimum absolute atomic E-state index is 0.0389. The molecule has 0 saturated carbocycles. The van der Waals surface area contributed by atoms with Crippen LogP contribution in [0.25, 0.3) is 16.8 Å². The summed E-state index contributed by atoms with van der Waals surface area (Å²) >= 11 is 1.56. The van der Waals surface area contributed by atoms with Crippen molar-refractivity contribution >= 4 is 22.8 Å². The number of thiophene rings is 1. The van der Waals surface area contributed by atoms with Gasteiger partial charge in [-0.15, -0.1) is 11.3 Å². The van der Waals surface area contributed by atoms with Gasteiger partial charge >= 0.3 is 0 Å². The summed E-state index contributed by atoms with van der Waals surface area (Å²) in [5.74, 6) is -0.0389. The van der Waals surface area contributed by atoms with Crippen LogP contribution in [0.4, 0.5) is 0 Å². The van der Waals surface area contributed by atoms with Crippen LogP contribution >= 0.6 is 11.3 Å². The van der Waals surface area contributed by atoms with Crippen LogP contribution < -0.4 is 10.9 Å². The molecule has 0 saturated heterocycles. The maximum absolute atomic E-state index is 12.8. The Hall–Kier alpha value is -3.19. The number of benzene rings is 1. The normalized spacial score (nSPS) is 11.1. The fourth-order valence-electron chi connectivity index (χ4n) is 3.19. The van der Waals surface area contributed by atoms with Crippen LogP contribution in [-0.4, -0.2) is 26.6 Å². The summed E-state index contributed by atoms with van der Waals surface area (Å²) in [6, 6.07) is 11.9. The van der Waals surface area contributed by atoms with E-state index in [1.54, 1.807) is 32.8 Å². The van der Waals surface area contributed by atoms with Gasteiger partial charge in [0.25, 0.3) is 5.56 Å². The molecule has 29 heavy (non-hydrogen) atoms. The first-order valence-corrected chi connectivity index (χ1v) is 10.3. The van der Waals surface area contributed by atoms with Gasteiger partial charge in [-0.25, -0.2) is 4.52 Å². The number of nitrogens with one attached hydrogen (secondary N) is 1. The van der Waals surface area contributed by atoms with Crippen molar-refractivity contribution in [3.8, 4) is 11.3 Å². The topological polar surface area (TPSA) is 68.4 Å². The van der Waals surface area contributed by atoms with Crippen molar-refractivity contribution in [2.24, 2.45) is 0 Å². The van der Waals surface area contributed by atoms with Gasteiger partial charge in [0.2, 0.25) is 5.91 Å². The molecule has 0 unspecified atom stereocenters. The number of carbonyl (C=O) groups excluding carboxylic acids is 1. The van der Waals surface area contributed by atoms with E-state index < -0.39 is 0 Å². The third-order valence-corrected chi connectivity index (χ3v) is 5.87. The number of amides is 1. The number of fused-ring (bicyclic) bond motifs is 1. The molecular weight excluding hydrogens is 384 g/mol. The number of carbonyl (C=O) groups is 1. The zero-order valence-corrected chi connectivity index (χ0v) is 17.2. The third kappa shape index (κ3) is 4.14. The Morgan fingerprint density at radius 3 is 2.76 bits per heavy atom. The van der Waals surface area contributed by atoms with Crippen molar-refractivity contribution in [1.29, 1.82) is 0 Å². The van der Waals surface area contributed by atoms with Crippen LogP contribution in [0.1, 0.15) is 16.0 Å². The second-order valence-electron chi connectivity index (χ2n) is 7.06. The molecule has 0 aliphatic carbocycles. The summed E-state index contributed by atoms with van der Waals surface area (Å²) in [6.07, 6.45) is 3.85. The number of rotatable bonds is 6. The molecule has 1 aromatic carbocycles. The average molecular weight is 407 g/mol. The zero-order valence-electron chi connectivity index (χ0n) is 16.4. The highest BCUT2D eigenvalue weighted by atomic mass is 32.1. The van der Waals surface area contributed by atoms with E-state index in [1.165, 1.54) is 11.1 Å². The zero-order chi connectivity index (χ0) is 20.4. The first kappa shape index (κ1) is 19.1. The van der Waals surface area contributed by atoms with Gasteiger partial charge in [-0.3, -0.25) is 9.59 Å². The van der Waals surface area contributed by atoms with E-state index in [-0.39, 0.29) is 11.5 Å². The minimum atomic E-state index is -0.123. The third-order valence-electron chi connectivity index (χ3n) is 5.00. The fourth-order valence-corrected chi connectivity index (χ4v) is 3.90. The van der Waals surface area contributed by atoms with Crippen LogP contribution in [0.3, 0.4) is 0 Å². The van der Waals surface area contributed by atoms with E-state index in [2.05, 4.69) is 36.4 Å². The van der Waals surface area contributed by atoms with Crippen molar-refractivity contribution in [3.05, 3.63) is 80.5 Å². The van der Waals surface area contributed by atoms with Crippen LogP contribution in [-0.2, 0) is 17.8 Å². The predicted octanol–water partition coefficient (Wildman–Crippen LogP) is 3.20. The van der Waals surface area contributed by atoms with Crippen LogP contribution in [0.2, 0.25) is 0 Å². The van der Waals surface area contributed by atoms with Crippen molar-refractivity contribution < 1.29 is 4.79 Å². The Labute approximate surface area is 172 Å². The van der Waals surface area contributed by atoms with Gasteiger partial charge in [0.15, 0.2) is 0 Å². The molecule has 0 radical (unpaired) electrons. The van der Waals surface area contributed by atoms with Gasteiger partial charge in [0.05, 0.1) is 12.1 Å². The van der Waals surface area contributed by atoms with Gasteiger partial charge < -0.3 is 9.88 Å². The lowest BCUT2D eigenvalue weighted by molar-refractivity contribution is -0.120. The standard InChI is InChI=1S/C22H22N4O2S/c1-15-5-6-17(12-16(15)2)19-14-20-22(28)25(9-10-26(20)24-19)8-7-23-21(27)13-18-4-3-11-29-18/h3-6,9-12,14H,7-8,13H2,1-2H3,(H,23,27). The lowest BCUT2D eigenvalue weighted by Crippen LogP contribution is -2.31. The first-order valence-electron chi connectivity index (χ1n) is 9.47. The molecule has 0 fully saturated rings. The van der Waals surface area contributed by atoms with E-state index in [0.29, 0.717) is 25.0 Å². The Kier molecular flexibility index (Phi) is 5.31. The largest absolute Gasteiger partial charge is 0.354 e. The molecule has 1 N–H and O–H groups in total. The molecule has 3 aromatic heterocycles. The van der Waals surface area contributed by atoms with Crippen LogP contribution in [0.15, 0.2) is 59.0 Å². The minimum Gasteiger partial charge on any atom is -0.354 e. The number of aryl methyl sites for hydroxylation is 2. The van der Waals surface area contributed by atoms with Gasteiger partial charge in [-0.2, -0.15) is 5.10 Å². The number of hydrogen-bond donors (Lipinski definition) is 1. The Morgan fingerprint density at radius 2 is 2.00 bits per heavy atom. The highest BCUT2D eigenvalue weighted by Gasteiger charge is 2.10. The van der Waals surface area contributed by atoms with Gasteiger partial charge in [-0.1, -0.05) is 18.2 Å². The quantitative estimate of drug-likeness (QED) is 0.535. The second kappa shape index (κ2) is 8.05. The van der Waals surface area contributed by atoms with Gasteiger partial charge in [0.1, 0.15) is 5.52 Å². The lowest BCUT2D eigenvalue weighted by atomic mass is 10.0. The summed E-state index contributed by atoms with van der Waals surface area (Å²) in [5, 5.41) is 9.37. The van der Waals surface area contributed by atoms with E-state index in [0.717, 1.165) is 16.1 Å². The molecule has 4 aromatic rings. The Bertz CT molecular complexity index is 1220. The molecule has 148 valence electrons. The van der Waals surface area contributed by atoms with Crippen molar-refractivity contribution in [3.63, 3.8) is 0 Å². The van der Waals surface area contributed by atoms with E-state index >= 15 is 0 Å². The monoisotopic (exact) mass is 406 g/mol. The molecule has 3 heterocycles. The molecule has 7 heteroatoms. The van der Waals surface area contributed by atoms with E-state index in [4.69, 9.17) is 0 Å². The Morgan fingerprint density at radius 1 is 1.14 bits per heavy atom. The maximum atomic E-state index is 12.8. The SMILES string of the molecule is Cc1ccc(-c2cc3c(=O)n(CCNC(=O)Cc4cccs4)ccn3n2)cc1C. The lowest BCUT2D eigenvalue weighted by Gasteiger charge is -2.07. The van der Waals surface area contributed by atoms with Crippen LogP contribution in [0.5, 0.6) is 0 Å².